The van der Waals surface area contributed by atoms with Gasteiger partial charge < -0.3 is 9.14 Å². The molecule has 2 heterocycles. The quantitative estimate of drug-likeness (QED) is 0.580. The molecule has 2 aromatic heterocycles. The third-order valence-electron chi connectivity index (χ3n) is 3.46. The number of aromatic nitrogens is 2. The molecule has 0 saturated heterocycles. The molecule has 0 amide bonds. The summed E-state index contributed by atoms with van der Waals surface area (Å²) in [6.45, 7) is -0.145. The van der Waals surface area contributed by atoms with Gasteiger partial charge >= 0.3 is 5.97 Å². The van der Waals surface area contributed by atoms with Crippen molar-refractivity contribution >= 4 is 56.3 Å². The summed E-state index contributed by atoms with van der Waals surface area (Å²) in [7, 11) is -3.48. The molecule has 136 valence electrons. The number of imidazole rings is 1. The number of ether oxygens (including phenoxy) is 1. The highest BCUT2D eigenvalue weighted by Gasteiger charge is 2.17. The highest BCUT2D eigenvalue weighted by Crippen LogP contribution is 2.24. The van der Waals surface area contributed by atoms with Gasteiger partial charge in [-0.2, -0.15) is 0 Å². The van der Waals surface area contributed by atoms with E-state index in [1.807, 2.05) is 0 Å². The smallest absolute Gasteiger partial charge is 0.340 e. The fourth-order valence-corrected chi connectivity index (χ4v) is 3.62. The molecule has 0 saturated carbocycles. The van der Waals surface area contributed by atoms with E-state index in [0.29, 0.717) is 21.4 Å². The van der Waals surface area contributed by atoms with Crippen molar-refractivity contribution in [3.05, 3.63) is 63.0 Å². The summed E-state index contributed by atoms with van der Waals surface area (Å²) >= 11 is 18.0. The molecule has 0 N–H and O–H groups in total. The van der Waals surface area contributed by atoms with Crippen LogP contribution in [-0.4, -0.2) is 30.0 Å². The molecule has 26 heavy (non-hydrogen) atoms. The second kappa shape index (κ2) is 7.08. The number of hydrogen-bond donors (Lipinski definition) is 0. The number of nitrogens with zero attached hydrogens (tertiary/aromatic N) is 2. The van der Waals surface area contributed by atoms with Gasteiger partial charge in [0, 0.05) is 18.6 Å². The minimum atomic E-state index is -3.48. The predicted octanol–water partition coefficient (Wildman–Crippen LogP) is 4.06. The normalized spacial score (nSPS) is 11.7. The SMILES string of the molecule is CS(=O)(=O)c1ccc(Cl)c(C(=O)OCc2cn3cc(Cl)cc(Cl)c3n2)c1. The average Bonchev–Trinajstić information content (AvgIpc) is 2.95. The summed E-state index contributed by atoms with van der Waals surface area (Å²) in [5.74, 6) is -0.762. The van der Waals surface area contributed by atoms with Crippen LogP contribution in [0.4, 0.5) is 0 Å². The van der Waals surface area contributed by atoms with Gasteiger partial charge in [-0.1, -0.05) is 34.8 Å². The number of esters is 1. The van der Waals surface area contributed by atoms with Crippen LogP contribution in [0.1, 0.15) is 16.1 Å². The van der Waals surface area contributed by atoms with Crippen molar-refractivity contribution in [1.82, 2.24) is 9.38 Å². The number of rotatable bonds is 4. The molecule has 0 aliphatic heterocycles. The number of pyridine rings is 1. The van der Waals surface area contributed by atoms with Gasteiger partial charge in [0.15, 0.2) is 15.5 Å². The van der Waals surface area contributed by atoms with Crippen LogP contribution >= 0.6 is 34.8 Å². The molecule has 10 heteroatoms. The maximum absolute atomic E-state index is 12.3. The molecule has 1 aromatic carbocycles. The first-order chi connectivity index (χ1) is 12.1. The number of fused-ring (bicyclic) bond motifs is 1. The second-order valence-electron chi connectivity index (χ2n) is 5.46. The lowest BCUT2D eigenvalue weighted by Crippen LogP contribution is -2.08. The summed E-state index contributed by atoms with van der Waals surface area (Å²) < 4.78 is 30.1. The van der Waals surface area contributed by atoms with Crippen LogP contribution in [-0.2, 0) is 21.2 Å². The Balaban J connectivity index is 1.82. The largest absolute Gasteiger partial charge is 0.455 e. The van der Waals surface area contributed by atoms with E-state index in [0.717, 1.165) is 6.26 Å². The Bertz CT molecular complexity index is 1130. The van der Waals surface area contributed by atoms with Crippen molar-refractivity contribution in [1.29, 1.82) is 0 Å². The Labute approximate surface area is 164 Å². The Morgan fingerprint density at radius 1 is 1.15 bits per heavy atom. The van der Waals surface area contributed by atoms with Crippen molar-refractivity contribution in [2.45, 2.75) is 11.5 Å². The van der Waals surface area contributed by atoms with Crippen LogP contribution < -0.4 is 0 Å². The van der Waals surface area contributed by atoms with Crippen LogP contribution in [0, 0.1) is 0 Å². The van der Waals surface area contributed by atoms with Gasteiger partial charge in [0.05, 0.1) is 31.2 Å². The van der Waals surface area contributed by atoms with Gasteiger partial charge in [0.25, 0.3) is 0 Å². The zero-order valence-corrected chi connectivity index (χ0v) is 16.3. The Hall–Kier alpha value is -1.80. The lowest BCUT2D eigenvalue weighted by atomic mass is 10.2. The predicted molar refractivity (Wildman–Crippen MR) is 98.9 cm³/mol. The van der Waals surface area contributed by atoms with E-state index < -0.39 is 15.8 Å². The molecule has 0 atom stereocenters. The molecule has 0 spiro atoms. The van der Waals surface area contributed by atoms with Crippen molar-refractivity contribution in [2.75, 3.05) is 6.26 Å². The first kappa shape index (κ1) is 19.0. The molecule has 3 rings (SSSR count). The molecule has 0 bridgehead atoms. The van der Waals surface area contributed by atoms with Crippen LogP contribution in [0.5, 0.6) is 0 Å². The molecule has 0 aliphatic rings. The molecule has 0 aliphatic carbocycles. The lowest BCUT2D eigenvalue weighted by molar-refractivity contribution is 0.0468. The minimum absolute atomic E-state index is 0.0250. The highest BCUT2D eigenvalue weighted by molar-refractivity contribution is 7.90. The number of hydrogen-bond acceptors (Lipinski definition) is 5. The number of carbonyl (C=O) groups is 1. The summed E-state index contributed by atoms with van der Waals surface area (Å²) in [6, 6.07) is 5.39. The summed E-state index contributed by atoms with van der Waals surface area (Å²) in [4.78, 5) is 16.5. The molecule has 0 fully saturated rings. The van der Waals surface area contributed by atoms with E-state index in [1.54, 1.807) is 22.9 Å². The van der Waals surface area contributed by atoms with Gasteiger partial charge in [0.2, 0.25) is 0 Å². The van der Waals surface area contributed by atoms with Gasteiger partial charge in [0.1, 0.15) is 6.61 Å². The summed E-state index contributed by atoms with van der Waals surface area (Å²) in [5, 5.41) is 0.888. The summed E-state index contributed by atoms with van der Waals surface area (Å²) in [6.07, 6.45) is 4.28. The number of carbonyl (C=O) groups excluding carboxylic acids is 1. The number of halogens is 3. The van der Waals surface area contributed by atoms with Crippen molar-refractivity contribution in [3.63, 3.8) is 0 Å². The number of benzene rings is 1. The van der Waals surface area contributed by atoms with E-state index in [2.05, 4.69) is 4.98 Å². The molecular weight excluding hydrogens is 423 g/mol. The van der Waals surface area contributed by atoms with Gasteiger partial charge in [-0.25, -0.2) is 18.2 Å². The molecule has 0 radical (unpaired) electrons. The van der Waals surface area contributed by atoms with Crippen molar-refractivity contribution in [2.24, 2.45) is 0 Å². The van der Waals surface area contributed by atoms with Crippen molar-refractivity contribution in [3.8, 4) is 0 Å². The Morgan fingerprint density at radius 2 is 1.88 bits per heavy atom. The molecular formula is C16H11Cl3N2O4S. The monoisotopic (exact) mass is 432 g/mol. The van der Waals surface area contributed by atoms with E-state index in [4.69, 9.17) is 39.5 Å². The first-order valence-corrected chi connectivity index (χ1v) is 10.2. The van der Waals surface area contributed by atoms with Gasteiger partial charge in [-0.15, -0.1) is 0 Å². The average molecular weight is 434 g/mol. The maximum atomic E-state index is 12.3. The van der Waals surface area contributed by atoms with E-state index in [9.17, 15) is 13.2 Å². The lowest BCUT2D eigenvalue weighted by Gasteiger charge is -2.06. The summed E-state index contributed by atoms with van der Waals surface area (Å²) in [5.41, 5.74) is 0.872. The highest BCUT2D eigenvalue weighted by atomic mass is 35.5. The zero-order valence-electron chi connectivity index (χ0n) is 13.2. The van der Waals surface area contributed by atoms with E-state index >= 15 is 0 Å². The second-order valence-corrected chi connectivity index (χ2v) is 8.73. The van der Waals surface area contributed by atoms with Gasteiger partial charge in [-0.3, -0.25) is 0 Å². The third-order valence-corrected chi connectivity index (χ3v) is 5.38. The van der Waals surface area contributed by atoms with Crippen LogP contribution in [0.2, 0.25) is 15.1 Å². The fourth-order valence-electron chi connectivity index (χ4n) is 2.25. The maximum Gasteiger partial charge on any atom is 0.340 e. The fraction of sp³-hybridized carbons (Fsp3) is 0.125. The Kier molecular flexibility index (Phi) is 5.16. The molecule has 3 aromatic rings. The van der Waals surface area contributed by atoms with E-state index in [1.165, 1.54) is 18.2 Å². The zero-order chi connectivity index (χ0) is 19.1. The molecule has 6 nitrogen and oxygen atoms in total. The van der Waals surface area contributed by atoms with E-state index in [-0.39, 0.29) is 22.1 Å². The van der Waals surface area contributed by atoms with Gasteiger partial charge in [-0.05, 0) is 24.3 Å². The van der Waals surface area contributed by atoms with Crippen LogP contribution in [0.15, 0.2) is 41.6 Å². The standard InChI is InChI=1S/C16H11Cl3N2O4S/c1-26(23,24)11-2-3-13(18)12(5-11)16(22)25-8-10-7-21-6-9(17)4-14(19)15(21)20-10/h2-7H,8H2,1H3. The topological polar surface area (TPSA) is 77.7 Å². The van der Waals surface area contributed by atoms with Crippen molar-refractivity contribution < 1.29 is 17.9 Å². The number of sulfone groups is 1. The van der Waals surface area contributed by atoms with Crippen LogP contribution in [0.25, 0.3) is 5.65 Å². The first-order valence-electron chi connectivity index (χ1n) is 7.14. The minimum Gasteiger partial charge on any atom is -0.455 e. The molecule has 0 unspecified atom stereocenters. The van der Waals surface area contributed by atoms with Crippen LogP contribution in [0.3, 0.4) is 0 Å². The Morgan fingerprint density at radius 3 is 2.58 bits per heavy atom. The third kappa shape index (κ3) is 3.96.